The highest BCUT2D eigenvalue weighted by Gasteiger charge is 2.25. The predicted molar refractivity (Wildman–Crippen MR) is 103 cm³/mol. The highest BCUT2D eigenvalue weighted by molar-refractivity contribution is 7.99. The van der Waals surface area contributed by atoms with Crippen molar-refractivity contribution in [2.24, 2.45) is 0 Å². The van der Waals surface area contributed by atoms with E-state index in [-0.39, 0.29) is 5.91 Å². The summed E-state index contributed by atoms with van der Waals surface area (Å²) in [5.41, 5.74) is 0.964. The fourth-order valence-electron chi connectivity index (χ4n) is 3.53. The van der Waals surface area contributed by atoms with E-state index < -0.39 is 0 Å². The molecule has 1 amide bonds. The second kappa shape index (κ2) is 8.58. The zero-order valence-corrected chi connectivity index (χ0v) is 16.5. The maximum Gasteiger partial charge on any atom is 0.233 e. The van der Waals surface area contributed by atoms with Crippen molar-refractivity contribution in [3.63, 3.8) is 0 Å². The number of thioether (sulfide) groups is 1. The topological polar surface area (TPSA) is 60.2 Å². The molecule has 1 aromatic heterocycles. The smallest absolute Gasteiger partial charge is 0.233 e. The first-order chi connectivity index (χ1) is 12.6. The molecule has 3 rings (SSSR count). The summed E-state index contributed by atoms with van der Waals surface area (Å²) in [7, 11) is 1.65. The fraction of sp³-hybridized carbons (Fsp3) is 0.526. The van der Waals surface area contributed by atoms with Crippen LogP contribution in [0.5, 0.6) is 5.75 Å². The number of nitrogens with zero attached hydrogens (tertiary/aromatic N) is 4. The Labute approximate surface area is 158 Å². The fourth-order valence-corrected chi connectivity index (χ4v) is 4.41. The molecule has 0 saturated heterocycles. The van der Waals surface area contributed by atoms with Crippen molar-refractivity contribution >= 4 is 17.7 Å². The van der Waals surface area contributed by atoms with Gasteiger partial charge in [0, 0.05) is 18.3 Å². The Hall–Kier alpha value is -2.02. The molecule has 0 radical (unpaired) electrons. The van der Waals surface area contributed by atoms with Gasteiger partial charge in [-0.3, -0.25) is 9.36 Å². The van der Waals surface area contributed by atoms with Gasteiger partial charge in [-0.15, -0.1) is 10.2 Å². The Morgan fingerprint density at radius 3 is 2.58 bits per heavy atom. The molecule has 7 heteroatoms. The van der Waals surface area contributed by atoms with E-state index in [4.69, 9.17) is 4.74 Å². The van der Waals surface area contributed by atoms with Crippen molar-refractivity contribution in [1.29, 1.82) is 0 Å². The standard InChI is InChI=1S/C19H26N4O2S/c1-4-22(15-7-5-6-8-15)18(24)13-26-19-21-20-14(2)23(19)16-9-11-17(25-3)12-10-16/h9-12,15H,4-8,13H2,1-3H3. The number of hydrogen-bond acceptors (Lipinski definition) is 5. The van der Waals surface area contributed by atoms with Crippen LogP contribution in [0.1, 0.15) is 38.4 Å². The van der Waals surface area contributed by atoms with Crippen molar-refractivity contribution in [2.45, 2.75) is 50.7 Å². The highest BCUT2D eigenvalue weighted by Crippen LogP contribution is 2.26. The molecule has 0 spiro atoms. The molecular weight excluding hydrogens is 348 g/mol. The number of methoxy groups -OCH3 is 1. The van der Waals surface area contributed by atoms with E-state index in [2.05, 4.69) is 17.1 Å². The Morgan fingerprint density at radius 2 is 1.96 bits per heavy atom. The van der Waals surface area contributed by atoms with Crippen LogP contribution in [0.3, 0.4) is 0 Å². The number of aryl methyl sites for hydroxylation is 1. The van der Waals surface area contributed by atoms with Crippen LogP contribution in [-0.2, 0) is 4.79 Å². The van der Waals surface area contributed by atoms with Crippen LogP contribution in [0.4, 0.5) is 0 Å². The SMILES string of the molecule is CCN(C(=O)CSc1nnc(C)n1-c1ccc(OC)cc1)C1CCCC1. The summed E-state index contributed by atoms with van der Waals surface area (Å²) in [6.07, 6.45) is 4.72. The first kappa shape index (κ1) is 18.8. The van der Waals surface area contributed by atoms with Gasteiger partial charge in [-0.05, 0) is 51.0 Å². The first-order valence-electron chi connectivity index (χ1n) is 9.12. The average molecular weight is 375 g/mol. The lowest BCUT2D eigenvalue weighted by Gasteiger charge is -2.27. The number of rotatable bonds is 7. The van der Waals surface area contributed by atoms with Gasteiger partial charge in [0.1, 0.15) is 11.6 Å². The van der Waals surface area contributed by atoms with Crippen molar-refractivity contribution in [3.8, 4) is 11.4 Å². The lowest BCUT2D eigenvalue weighted by atomic mass is 10.2. The third-order valence-electron chi connectivity index (χ3n) is 4.88. The van der Waals surface area contributed by atoms with Crippen molar-refractivity contribution in [1.82, 2.24) is 19.7 Å². The van der Waals surface area contributed by atoms with Crippen LogP contribution < -0.4 is 4.74 Å². The summed E-state index contributed by atoms with van der Waals surface area (Å²) >= 11 is 1.45. The lowest BCUT2D eigenvalue weighted by Crippen LogP contribution is -2.39. The summed E-state index contributed by atoms with van der Waals surface area (Å²) in [5.74, 6) is 2.18. The number of hydrogen-bond donors (Lipinski definition) is 0. The minimum Gasteiger partial charge on any atom is -0.497 e. The largest absolute Gasteiger partial charge is 0.497 e. The van der Waals surface area contributed by atoms with Gasteiger partial charge < -0.3 is 9.64 Å². The molecule has 1 saturated carbocycles. The number of carbonyl (C=O) groups excluding carboxylic acids is 1. The normalized spacial score (nSPS) is 14.6. The molecule has 1 aromatic carbocycles. The van der Waals surface area contributed by atoms with Crippen LogP contribution in [0.25, 0.3) is 5.69 Å². The second-order valence-electron chi connectivity index (χ2n) is 6.47. The summed E-state index contributed by atoms with van der Waals surface area (Å²) in [5, 5.41) is 9.19. The van der Waals surface area contributed by atoms with E-state index in [0.717, 1.165) is 41.8 Å². The second-order valence-corrected chi connectivity index (χ2v) is 7.41. The molecular formula is C19H26N4O2S. The van der Waals surface area contributed by atoms with E-state index in [1.807, 2.05) is 40.7 Å². The highest BCUT2D eigenvalue weighted by atomic mass is 32.2. The zero-order valence-electron chi connectivity index (χ0n) is 15.6. The first-order valence-corrected chi connectivity index (χ1v) is 10.1. The predicted octanol–water partition coefficient (Wildman–Crippen LogP) is 3.47. The molecule has 1 aliphatic rings. The molecule has 2 aromatic rings. The van der Waals surface area contributed by atoms with Crippen molar-refractivity contribution < 1.29 is 9.53 Å². The molecule has 6 nitrogen and oxygen atoms in total. The Kier molecular flexibility index (Phi) is 6.19. The maximum atomic E-state index is 12.7. The van der Waals surface area contributed by atoms with Gasteiger partial charge in [0.25, 0.3) is 0 Å². The Bertz CT molecular complexity index is 738. The molecule has 0 bridgehead atoms. The molecule has 0 unspecified atom stereocenters. The third-order valence-corrected chi connectivity index (χ3v) is 5.79. The van der Waals surface area contributed by atoms with Crippen molar-refractivity contribution in [3.05, 3.63) is 30.1 Å². The number of ether oxygens (including phenoxy) is 1. The molecule has 140 valence electrons. The molecule has 1 heterocycles. The molecule has 0 aliphatic heterocycles. The van der Waals surface area contributed by atoms with Gasteiger partial charge in [-0.2, -0.15) is 0 Å². The number of carbonyl (C=O) groups is 1. The molecule has 26 heavy (non-hydrogen) atoms. The number of aromatic nitrogens is 3. The van der Waals surface area contributed by atoms with Gasteiger partial charge in [-0.25, -0.2) is 0 Å². The van der Waals surface area contributed by atoms with Crippen LogP contribution in [0.2, 0.25) is 0 Å². The van der Waals surface area contributed by atoms with Gasteiger partial charge >= 0.3 is 0 Å². The molecule has 0 N–H and O–H groups in total. The average Bonchev–Trinajstić information content (AvgIpc) is 3.31. The van der Waals surface area contributed by atoms with E-state index in [0.29, 0.717) is 11.8 Å². The summed E-state index contributed by atoms with van der Waals surface area (Å²) in [6, 6.07) is 8.17. The number of amides is 1. The minimum atomic E-state index is 0.186. The molecule has 0 atom stereocenters. The third kappa shape index (κ3) is 4.03. The Balaban J connectivity index is 1.71. The van der Waals surface area contributed by atoms with E-state index >= 15 is 0 Å². The van der Waals surface area contributed by atoms with Crippen LogP contribution in [0, 0.1) is 6.92 Å². The van der Waals surface area contributed by atoms with Crippen LogP contribution >= 0.6 is 11.8 Å². The Morgan fingerprint density at radius 1 is 1.27 bits per heavy atom. The lowest BCUT2D eigenvalue weighted by molar-refractivity contribution is -0.130. The van der Waals surface area contributed by atoms with Crippen LogP contribution in [0.15, 0.2) is 29.4 Å². The molecule has 1 aliphatic carbocycles. The molecule has 1 fully saturated rings. The number of benzene rings is 1. The van der Waals surface area contributed by atoms with Gasteiger partial charge in [0.2, 0.25) is 5.91 Å². The minimum absolute atomic E-state index is 0.186. The zero-order chi connectivity index (χ0) is 18.5. The van der Waals surface area contributed by atoms with E-state index in [1.54, 1.807) is 7.11 Å². The van der Waals surface area contributed by atoms with Gasteiger partial charge in [-0.1, -0.05) is 24.6 Å². The van der Waals surface area contributed by atoms with E-state index in [1.165, 1.54) is 24.6 Å². The van der Waals surface area contributed by atoms with Crippen LogP contribution in [-0.4, -0.2) is 51.0 Å². The van der Waals surface area contributed by atoms with E-state index in [9.17, 15) is 4.79 Å². The van der Waals surface area contributed by atoms with Crippen molar-refractivity contribution in [2.75, 3.05) is 19.4 Å². The van der Waals surface area contributed by atoms with Gasteiger partial charge in [0.05, 0.1) is 12.9 Å². The monoisotopic (exact) mass is 374 g/mol. The summed E-state index contributed by atoms with van der Waals surface area (Å²) in [6.45, 7) is 4.75. The van der Waals surface area contributed by atoms with Gasteiger partial charge in [0.15, 0.2) is 5.16 Å². The summed E-state index contributed by atoms with van der Waals surface area (Å²) < 4.78 is 7.19. The quantitative estimate of drug-likeness (QED) is 0.695. The maximum absolute atomic E-state index is 12.7. The summed E-state index contributed by atoms with van der Waals surface area (Å²) in [4.78, 5) is 14.7.